The molecule has 0 unspecified atom stereocenters. The largest absolute Gasteiger partial charge is 0.507 e. The molecule has 0 aromatic heterocycles. The summed E-state index contributed by atoms with van der Waals surface area (Å²) >= 11 is 0. The predicted molar refractivity (Wildman–Crippen MR) is 641 cm³/mol. The smallest absolute Gasteiger partial charge is 0.139 e. The van der Waals surface area contributed by atoms with Crippen LogP contribution < -0.4 is 9.80 Å². The molecule has 12 aromatic carbocycles. The molecule has 788 valence electrons. The van der Waals surface area contributed by atoms with E-state index in [0.717, 1.165) is 199 Å². The summed E-state index contributed by atoms with van der Waals surface area (Å²) in [6.07, 6.45) is 26.9. The normalized spacial score (nSPS) is 20.9. The monoisotopic (exact) mass is 2000 g/mol. The fraction of sp³-hybridized carbons (Fsp3) is 0.500. The van der Waals surface area contributed by atoms with Crippen LogP contribution in [0, 0.1) is 0 Å². The number of phenols is 2. The molecule has 21 rings (SSSR count). The average Bonchev–Trinajstić information content (AvgIpc) is 1.54. The summed E-state index contributed by atoms with van der Waals surface area (Å²) in [5, 5.41) is 54.1. The number of hydrogen-bond donors (Lipinski definition) is 4. The van der Waals surface area contributed by atoms with Gasteiger partial charge < -0.3 is 30.2 Å². The van der Waals surface area contributed by atoms with E-state index < -0.39 is 0 Å². The topological polar surface area (TPSA) is 87.4 Å². The molecule has 4 N–H and O–H groups in total. The maximum absolute atomic E-state index is 13.0. The minimum Gasteiger partial charge on any atom is -0.507 e. The number of rotatable bonds is 28. The summed E-state index contributed by atoms with van der Waals surface area (Å²) in [5.74, 6) is -0.499. The Morgan fingerprint density at radius 2 is 0.353 bits per heavy atom. The third kappa shape index (κ3) is 14.7. The van der Waals surface area contributed by atoms with Crippen molar-refractivity contribution in [3.8, 4) is 56.0 Å². The van der Waals surface area contributed by atoms with Crippen molar-refractivity contribution in [3.63, 3.8) is 0 Å². The lowest BCUT2D eigenvalue weighted by Gasteiger charge is -2.33. The summed E-state index contributed by atoms with van der Waals surface area (Å²) in [5.41, 5.74) is 43.4. The van der Waals surface area contributed by atoms with E-state index in [2.05, 4.69) is 377 Å². The van der Waals surface area contributed by atoms with Crippen molar-refractivity contribution in [2.45, 2.75) is 462 Å². The minimum absolute atomic E-state index is 0.0390. The van der Waals surface area contributed by atoms with Crippen LogP contribution in [0.25, 0.3) is 77.2 Å². The molecule has 0 spiro atoms. The fourth-order valence-corrected chi connectivity index (χ4v) is 36.3. The zero-order valence-corrected chi connectivity index (χ0v) is 98.0. The van der Waals surface area contributed by atoms with E-state index in [1.54, 1.807) is 89.0 Å². The van der Waals surface area contributed by atoms with E-state index in [9.17, 15) is 20.4 Å². The number of benzene rings is 12. The van der Waals surface area contributed by atoms with Gasteiger partial charge in [0.15, 0.2) is 0 Å². The molecule has 0 fully saturated rings. The lowest BCUT2D eigenvalue weighted by molar-refractivity contribution is 0.322. The van der Waals surface area contributed by atoms with Gasteiger partial charge in [0.25, 0.3) is 0 Å². The molecule has 9 aliphatic carbocycles. The Morgan fingerprint density at radius 3 is 0.513 bits per heavy atom. The van der Waals surface area contributed by atoms with Crippen LogP contribution >= 0.6 is 0 Å². The third-order valence-corrected chi connectivity index (χ3v) is 44.0. The molecule has 0 amide bonds. The van der Waals surface area contributed by atoms with E-state index >= 15 is 0 Å². The molecule has 12 aromatic rings. The van der Waals surface area contributed by atoms with E-state index in [1.165, 1.54) is 44.5 Å². The molecule has 6 heteroatoms. The summed E-state index contributed by atoms with van der Waals surface area (Å²) in [7, 11) is 0. The molecule has 6 nitrogen and oxygen atoms in total. The zero-order valence-electron chi connectivity index (χ0n) is 98.0. The maximum Gasteiger partial charge on any atom is 0.139 e. The van der Waals surface area contributed by atoms with Crippen molar-refractivity contribution in [3.05, 3.63) is 294 Å². The summed E-state index contributed by atoms with van der Waals surface area (Å²) in [4.78, 5) is 4.82. The highest BCUT2D eigenvalue weighted by molar-refractivity contribution is 6.12. The second-order valence-electron chi connectivity index (χ2n) is 54.8. The first-order valence-corrected chi connectivity index (χ1v) is 59.3. The number of aliphatic hydroxyl groups excluding tert-OH is 2. The quantitative estimate of drug-likeness (QED) is 0.0391. The van der Waals surface area contributed by atoms with Crippen molar-refractivity contribution >= 4 is 66.8 Å². The molecule has 0 radical (unpaired) electrons. The summed E-state index contributed by atoms with van der Waals surface area (Å²) in [6, 6.07) is 69.8. The third-order valence-electron chi connectivity index (χ3n) is 44.0. The van der Waals surface area contributed by atoms with Gasteiger partial charge in [0.1, 0.15) is 23.0 Å². The Balaban J connectivity index is 0.667. The van der Waals surface area contributed by atoms with Gasteiger partial charge in [-0.2, -0.15) is 0 Å². The Bertz CT molecular complexity index is 6510. The van der Waals surface area contributed by atoms with Gasteiger partial charge >= 0.3 is 0 Å². The molecule has 9 aliphatic rings. The van der Waals surface area contributed by atoms with Crippen LogP contribution in [0.3, 0.4) is 0 Å². The van der Waals surface area contributed by atoms with Crippen LogP contribution in [0.1, 0.15) is 476 Å². The molecule has 150 heavy (non-hydrogen) atoms. The van der Waals surface area contributed by atoms with Gasteiger partial charge in [-0.05, 0) is 482 Å². The van der Waals surface area contributed by atoms with Crippen LogP contribution in [-0.2, 0) is 86.6 Å². The zero-order chi connectivity index (χ0) is 108. The average molecular weight is 2000 g/mol. The highest BCUT2D eigenvalue weighted by Gasteiger charge is 2.61. The number of aromatic hydroxyl groups is 2. The molecule has 0 saturated heterocycles. The number of aliphatic hydroxyl groups is 2. The van der Waals surface area contributed by atoms with Crippen molar-refractivity contribution in [1.29, 1.82) is 0 Å². The Labute approximate surface area is 902 Å². The second kappa shape index (κ2) is 35.5. The number of hydrogen-bond acceptors (Lipinski definition) is 6. The maximum atomic E-state index is 13.0. The molecule has 0 aliphatic heterocycles. The highest BCUT2D eigenvalue weighted by atomic mass is 16.3. The lowest BCUT2D eigenvalue weighted by atomic mass is 9.72. The Kier molecular flexibility index (Phi) is 24.9. The van der Waals surface area contributed by atoms with Gasteiger partial charge in [0.2, 0.25) is 0 Å². The standard InChI is InChI=1S/C144H178N2O4/c1-33-137(34-2)79-129(17,18)117-103(137)75-104-118(130(19,20)80-138(104,35-3)36-4)111(117)87-49-59-93(60-50-87)145(94-61-51-88(52-62-94)112-119-105(139(37-5,38-6)81-131(119,21)22)76-106-120(112)132(23,24)82-140(106,39-7)40-8)97-67-71-99-91(73-97)57-69-101(125(99)147)115-127(149)116(128(115)150)102-70-58-92-74-98(68-72-100(92)126(102)148)146(95-63-53-89(54-64-95)113-121-107(141(41-9,42-10)83-133(121,25)26)77-108-122(113)134(27,28)84-142(108,43-11)44-12)96-65-55-90(56-66-96)114-123-109(143(45-13,46-14)85-135(123,29)30)78-110-124(114)136(31,32)86-144(110,47-15)48-16/h49-78,147-150H,33-48,79-86H2,1-32H3. The van der Waals surface area contributed by atoms with Gasteiger partial charge in [0, 0.05) is 56.0 Å². The first-order chi connectivity index (χ1) is 70.9. The molecule has 0 atom stereocenters. The van der Waals surface area contributed by atoms with Crippen LogP contribution in [-0.4, -0.2) is 20.4 Å². The van der Waals surface area contributed by atoms with Crippen molar-refractivity contribution in [1.82, 2.24) is 0 Å². The van der Waals surface area contributed by atoms with E-state index in [1.807, 2.05) is 36.4 Å². The van der Waals surface area contributed by atoms with E-state index in [4.69, 9.17) is 0 Å². The lowest BCUT2D eigenvalue weighted by Crippen LogP contribution is -2.26. The number of fused-ring (bicyclic) bond motifs is 10. The summed E-state index contributed by atoms with van der Waals surface area (Å²) < 4.78 is 0. The van der Waals surface area contributed by atoms with Gasteiger partial charge in [-0.25, -0.2) is 0 Å². The SMILES string of the molecule is CCC1(CC)CC(C)(C)c2c1cc1c(c2-c2ccc(N(c3ccc(-c4c5c(cc6c4C(C)(C)CC6(CC)CC)C(CC)(CC)CC5(C)C)cc3)c3ccc4c(O)c(C5=C(O)C(c6ccc7cc(N(c8ccc(-c9c%10c(cc%11c9C(C)(C)CC%11(CC)CC)C(CC)(CC)CC%10(C)C)cc8)c8ccc(-c9c%10c(cc%11c9C(C)(C)CC%11(CC)CC)C(CC)(CC)CC%10(C)C)cc8)ccc7c6O)=C5O)ccc4c3)cc2)C(C)(C)CC1(CC)CC. The number of phenolic OH excluding ortho intramolecular Hbond substituents is 2. The van der Waals surface area contributed by atoms with Gasteiger partial charge in [-0.1, -0.05) is 306 Å². The van der Waals surface area contributed by atoms with E-state index in [-0.39, 0.29) is 121 Å². The minimum atomic E-state index is -0.197. The first kappa shape index (κ1) is 105. The Morgan fingerprint density at radius 1 is 0.193 bits per heavy atom. The van der Waals surface area contributed by atoms with Crippen molar-refractivity contribution in [2.75, 3.05) is 9.80 Å². The van der Waals surface area contributed by atoms with Crippen molar-refractivity contribution in [2.24, 2.45) is 0 Å². The predicted octanol–water partition coefficient (Wildman–Crippen LogP) is 41.2. The molecular formula is C144H178N2O4. The van der Waals surface area contributed by atoms with Gasteiger partial charge in [-0.15, -0.1) is 0 Å². The van der Waals surface area contributed by atoms with Crippen LogP contribution in [0.5, 0.6) is 11.5 Å². The molecular weight excluding hydrogens is 1820 g/mol. The number of anilines is 6. The fourth-order valence-electron chi connectivity index (χ4n) is 36.3. The summed E-state index contributed by atoms with van der Waals surface area (Å²) in [6.45, 7) is 79.4. The highest BCUT2D eigenvalue weighted by Crippen LogP contribution is 2.71. The van der Waals surface area contributed by atoms with Gasteiger partial charge in [-0.3, -0.25) is 0 Å². The second-order valence-corrected chi connectivity index (χ2v) is 54.8. The van der Waals surface area contributed by atoms with Crippen LogP contribution in [0.15, 0.2) is 194 Å². The van der Waals surface area contributed by atoms with Gasteiger partial charge in [0.05, 0.1) is 11.1 Å². The first-order valence-electron chi connectivity index (χ1n) is 59.3. The van der Waals surface area contributed by atoms with Crippen molar-refractivity contribution < 1.29 is 20.4 Å². The molecule has 0 heterocycles. The number of nitrogens with zero attached hydrogens (tertiary/aromatic N) is 2. The van der Waals surface area contributed by atoms with Crippen LogP contribution in [0.2, 0.25) is 0 Å². The molecule has 0 saturated carbocycles. The van der Waals surface area contributed by atoms with Crippen LogP contribution in [0.4, 0.5) is 34.1 Å². The molecule has 0 bridgehead atoms. The Hall–Kier alpha value is -10.6. The number of allylic oxidation sites excluding steroid dienone is 2. The van der Waals surface area contributed by atoms with E-state index in [0.29, 0.717) is 21.9 Å².